The van der Waals surface area contributed by atoms with Gasteiger partial charge >= 0.3 is 6.03 Å². The molecule has 1 aromatic carbocycles. The smallest absolute Gasteiger partial charge is 0.317 e. The lowest BCUT2D eigenvalue weighted by atomic mass is 10.2. The lowest BCUT2D eigenvalue weighted by Crippen LogP contribution is -2.31. The van der Waals surface area contributed by atoms with E-state index in [-0.39, 0.29) is 6.03 Å². The number of nitrogens with one attached hydrogen (secondary N) is 1. The molecule has 0 spiro atoms. The molecule has 0 aromatic heterocycles. The van der Waals surface area contributed by atoms with Gasteiger partial charge in [0.15, 0.2) is 0 Å². The molecule has 2 amide bonds. The Bertz CT molecular complexity index is 439. The van der Waals surface area contributed by atoms with E-state index >= 15 is 0 Å². The average molecular weight is 314 g/mol. The molecule has 1 fully saturated rings. The predicted octanol–water partition coefficient (Wildman–Crippen LogP) is 1.31. The number of carbonyl (C=O) groups is 1. The van der Waals surface area contributed by atoms with E-state index in [1.54, 1.807) is 4.90 Å². The second-order valence-corrected chi connectivity index (χ2v) is 4.89. The summed E-state index contributed by atoms with van der Waals surface area (Å²) in [4.78, 5) is 13.0. The molecule has 1 saturated heterocycles. The molecule has 0 atom stereocenters. The first-order valence-electron chi connectivity index (χ1n) is 5.85. The normalized spacial score (nSPS) is 14.8. The van der Waals surface area contributed by atoms with Crippen molar-refractivity contribution in [2.75, 3.05) is 26.2 Å². The van der Waals surface area contributed by atoms with E-state index in [4.69, 9.17) is 10.5 Å². The van der Waals surface area contributed by atoms with Gasteiger partial charge in [0.2, 0.25) is 0 Å². The average Bonchev–Trinajstić information content (AvgIpc) is 2.77. The van der Waals surface area contributed by atoms with Gasteiger partial charge in [0, 0.05) is 19.6 Å². The maximum Gasteiger partial charge on any atom is 0.317 e. The number of benzene rings is 1. The minimum atomic E-state index is -0.0175. The van der Waals surface area contributed by atoms with Gasteiger partial charge in [-0.25, -0.2) is 4.79 Å². The van der Waals surface area contributed by atoms with E-state index in [1.807, 2.05) is 18.2 Å². The van der Waals surface area contributed by atoms with E-state index in [9.17, 15) is 4.79 Å². The molecule has 2 rings (SSSR count). The van der Waals surface area contributed by atoms with Crippen LogP contribution in [-0.4, -0.2) is 37.2 Å². The number of urea groups is 1. The Balaban J connectivity index is 1.84. The van der Waals surface area contributed by atoms with Crippen LogP contribution in [0.5, 0.6) is 5.75 Å². The summed E-state index contributed by atoms with van der Waals surface area (Å²) in [6.45, 7) is 3.04. The van der Waals surface area contributed by atoms with Gasteiger partial charge in [-0.3, -0.25) is 0 Å². The Morgan fingerprint density at radius 3 is 2.94 bits per heavy atom. The molecule has 1 heterocycles. The van der Waals surface area contributed by atoms with Gasteiger partial charge in [-0.05, 0) is 33.6 Å². The van der Waals surface area contributed by atoms with Gasteiger partial charge in [0.1, 0.15) is 12.4 Å². The Labute approximate surface area is 114 Å². The minimum Gasteiger partial charge on any atom is -0.491 e. The minimum absolute atomic E-state index is 0.0175. The Kier molecular flexibility index (Phi) is 4.43. The van der Waals surface area contributed by atoms with Crippen molar-refractivity contribution < 1.29 is 9.53 Å². The second-order valence-electron chi connectivity index (χ2n) is 4.04. The number of carbonyl (C=O) groups excluding carboxylic acids is 1. The standard InChI is InChI=1S/C12H16BrN3O2/c13-10-7-9(8-14)1-2-11(10)18-6-5-16-4-3-15-12(16)17/h1-2,7H,3-6,8,14H2,(H,15,17). The summed E-state index contributed by atoms with van der Waals surface area (Å²) in [5.74, 6) is 0.770. The number of amides is 2. The summed E-state index contributed by atoms with van der Waals surface area (Å²) < 4.78 is 6.52. The molecule has 1 aliphatic heterocycles. The summed E-state index contributed by atoms with van der Waals surface area (Å²) in [5.41, 5.74) is 6.60. The Morgan fingerprint density at radius 1 is 1.50 bits per heavy atom. The first-order chi connectivity index (χ1) is 8.70. The van der Waals surface area contributed by atoms with Crippen LogP contribution < -0.4 is 15.8 Å². The number of hydrogen-bond donors (Lipinski definition) is 2. The molecule has 6 heteroatoms. The van der Waals surface area contributed by atoms with E-state index < -0.39 is 0 Å². The van der Waals surface area contributed by atoms with Crippen LogP contribution in [0.2, 0.25) is 0 Å². The van der Waals surface area contributed by atoms with Crippen LogP contribution in [0, 0.1) is 0 Å². The quantitative estimate of drug-likeness (QED) is 0.861. The highest BCUT2D eigenvalue weighted by atomic mass is 79.9. The van der Waals surface area contributed by atoms with Gasteiger partial charge in [-0.2, -0.15) is 0 Å². The number of nitrogens with zero attached hydrogens (tertiary/aromatic N) is 1. The van der Waals surface area contributed by atoms with Crippen molar-refractivity contribution in [3.63, 3.8) is 0 Å². The van der Waals surface area contributed by atoms with Crippen LogP contribution in [0.4, 0.5) is 4.79 Å². The zero-order valence-electron chi connectivity index (χ0n) is 9.99. The first kappa shape index (κ1) is 13.2. The molecular formula is C12H16BrN3O2. The third-order valence-corrected chi connectivity index (χ3v) is 3.42. The summed E-state index contributed by atoms with van der Waals surface area (Å²) in [6.07, 6.45) is 0. The van der Waals surface area contributed by atoms with Crippen LogP contribution in [0.25, 0.3) is 0 Å². The lowest BCUT2D eigenvalue weighted by Gasteiger charge is -2.15. The summed E-state index contributed by atoms with van der Waals surface area (Å²) in [5, 5.41) is 2.75. The Morgan fingerprint density at radius 2 is 2.33 bits per heavy atom. The van der Waals surface area contributed by atoms with Crippen LogP contribution in [0.3, 0.4) is 0 Å². The second kappa shape index (κ2) is 6.06. The molecule has 0 bridgehead atoms. The number of ether oxygens (including phenoxy) is 1. The van der Waals surface area contributed by atoms with Gasteiger partial charge < -0.3 is 20.7 Å². The summed E-state index contributed by atoms with van der Waals surface area (Å²) in [6, 6.07) is 5.74. The van der Waals surface area contributed by atoms with Crippen LogP contribution in [0.1, 0.15) is 5.56 Å². The fourth-order valence-corrected chi connectivity index (χ4v) is 2.32. The van der Waals surface area contributed by atoms with Crippen molar-refractivity contribution in [1.82, 2.24) is 10.2 Å². The lowest BCUT2D eigenvalue weighted by molar-refractivity contribution is 0.202. The predicted molar refractivity (Wildman–Crippen MR) is 72.5 cm³/mol. The molecule has 0 unspecified atom stereocenters. The molecule has 18 heavy (non-hydrogen) atoms. The first-order valence-corrected chi connectivity index (χ1v) is 6.64. The molecule has 98 valence electrons. The monoisotopic (exact) mass is 313 g/mol. The molecule has 1 aromatic rings. The molecule has 0 saturated carbocycles. The van der Waals surface area contributed by atoms with Gasteiger partial charge in [0.05, 0.1) is 11.0 Å². The number of halogens is 1. The molecule has 1 aliphatic rings. The third-order valence-electron chi connectivity index (χ3n) is 2.80. The molecule has 3 N–H and O–H groups in total. The fourth-order valence-electron chi connectivity index (χ4n) is 1.78. The Hall–Kier alpha value is -1.27. The van der Waals surface area contributed by atoms with Crippen molar-refractivity contribution in [3.8, 4) is 5.75 Å². The van der Waals surface area contributed by atoms with Crippen molar-refractivity contribution >= 4 is 22.0 Å². The number of nitrogens with two attached hydrogens (primary N) is 1. The third kappa shape index (κ3) is 3.14. The number of rotatable bonds is 5. The summed E-state index contributed by atoms with van der Waals surface area (Å²) >= 11 is 3.44. The topological polar surface area (TPSA) is 67.6 Å². The van der Waals surface area contributed by atoms with E-state index in [2.05, 4.69) is 21.2 Å². The molecular weight excluding hydrogens is 298 g/mol. The van der Waals surface area contributed by atoms with Crippen LogP contribution in [-0.2, 0) is 6.54 Å². The van der Waals surface area contributed by atoms with E-state index in [0.29, 0.717) is 26.2 Å². The zero-order valence-corrected chi connectivity index (χ0v) is 11.6. The molecule has 5 nitrogen and oxygen atoms in total. The highest BCUT2D eigenvalue weighted by Gasteiger charge is 2.18. The van der Waals surface area contributed by atoms with Gasteiger partial charge in [0.25, 0.3) is 0 Å². The van der Waals surface area contributed by atoms with E-state index in [1.165, 1.54) is 0 Å². The van der Waals surface area contributed by atoms with Crippen molar-refractivity contribution in [2.24, 2.45) is 5.73 Å². The maximum atomic E-state index is 11.3. The van der Waals surface area contributed by atoms with Crippen molar-refractivity contribution in [3.05, 3.63) is 28.2 Å². The molecule has 0 radical (unpaired) electrons. The van der Waals surface area contributed by atoms with Crippen molar-refractivity contribution in [2.45, 2.75) is 6.54 Å². The van der Waals surface area contributed by atoms with Crippen molar-refractivity contribution in [1.29, 1.82) is 0 Å². The molecule has 0 aliphatic carbocycles. The van der Waals surface area contributed by atoms with E-state index in [0.717, 1.165) is 22.3 Å². The highest BCUT2D eigenvalue weighted by Crippen LogP contribution is 2.25. The zero-order chi connectivity index (χ0) is 13.0. The highest BCUT2D eigenvalue weighted by molar-refractivity contribution is 9.10. The fraction of sp³-hybridized carbons (Fsp3) is 0.417. The van der Waals surface area contributed by atoms with Crippen LogP contribution >= 0.6 is 15.9 Å². The maximum absolute atomic E-state index is 11.3. The SMILES string of the molecule is NCc1ccc(OCCN2CCNC2=O)c(Br)c1. The van der Waals surface area contributed by atoms with Gasteiger partial charge in [-0.1, -0.05) is 6.07 Å². The van der Waals surface area contributed by atoms with Crippen LogP contribution in [0.15, 0.2) is 22.7 Å². The summed E-state index contributed by atoms with van der Waals surface area (Å²) in [7, 11) is 0. The number of hydrogen-bond acceptors (Lipinski definition) is 3. The van der Waals surface area contributed by atoms with Gasteiger partial charge in [-0.15, -0.1) is 0 Å². The largest absolute Gasteiger partial charge is 0.491 e.